The van der Waals surface area contributed by atoms with Crippen molar-refractivity contribution >= 4 is 0 Å². The Bertz CT molecular complexity index is 488. The molecule has 4 heteroatoms. The first kappa shape index (κ1) is 11.8. The van der Waals surface area contributed by atoms with Gasteiger partial charge in [0.2, 0.25) is 0 Å². The van der Waals surface area contributed by atoms with E-state index in [1.54, 1.807) is 0 Å². The quantitative estimate of drug-likeness (QED) is 0.866. The molecule has 0 aliphatic rings. The maximum Gasteiger partial charge on any atom is 0.110 e. The molecule has 2 aromatic rings. The molecule has 1 N–H and O–H groups in total. The lowest BCUT2D eigenvalue weighted by atomic mass is 10.2. The fourth-order valence-electron chi connectivity index (χ4n) is 2.01. The van der Waals surface area contributed by atoms with Crippen LogP contribution in [0.5, 0.6) is 0 Å². The molecule has 2 rings (SSSR count). The topological polar surface area (TPSA) is 42.7 Å². The van der Waals surface area contributed by atoms with Crippen LogP contribution in [0.15, 0.2) is 24.4 Å². The average molecular weight is 230 g/mol. The van der Waals surface area contributed by atoms with Crippen LogP contribution in [0.25, 0.3) is 11.4 Å². The van der Waals surface area contributed by atoms with Crippen LogP contribution in [0.3, 0.4) is 0 Å². The lowest BCUT2D eigenvalue weighted by Crippen LogP contribution is -2.13. The first-order valence-electron chi connectivity index (χ1n) is 5.82. The second-order valence-corrected chi connectivity index (χ2v) is 4.09. The van der Waals surface area contributed by atoms with Crippen molar-refractivity contribution in [2.45, 2.75) is 13.3 Å². The van der Waals surface area contributed by atoms with Gasteiger partial charge in [0.15, 0.2) is 0 Å². The number of likely N-dealkylation sites (N-methyl/N-ethyl adjacent to an activating group) is 1. The minimum Gasteiger partial charge on any atom is -0.330 e. The zero-order chi connectivity index (χ0) is 12.3. The molecule has 0 unspecified atom stereocenters. The van der Waals surface area contributed by atoms with E-state index >= 15 is 0 Å². The molecule has 0 bridgehead atoms. The van der Waals surface area contributed by atoms with Gasteiger partial charge in [0.1, 0.15) is 5.82 Å². The van der Waals surface area contributed by atoms with Gasteiger partial charge in [-0.05, 0) is 26.1 Å². The summed E-state index contributed by atoms with van der Waals surface area (Å²) >= 11 is 0. The Morgan fingerprint density at radius 1 is 1.35 bits per heavy atom. The summed E-state index contributed by atoms with van der Waals surface area (Å²) in [4.78, 5) is 8.99. The number of rotatable bonds is 4. The van der Waals surface area contributed by atoms with Crippen molar-refractivity contribution < 1.29 is 0 Å². The van der Waals surface area contributed by atoms with E-state index in [0.717, 1.165) is 35.9 Å². The zero-order valence-electron chi connectivity index (χ0n) is 10.6. The van der Waals surface area contributed by atoms with Crippen LogP contribution >= 0.6 is 0 Å². The van der Waals surface area contributed by atoms with Crippen molar-refractivity contribution in [2.24, 2.45) is 7.05 Å². The summed E-state index contributed by atoms with van der Waals surface area (Å²) in [6.45, 7) is 2.97. The molecular weight excluding hydrogens is 212 g/mol. The van der Waals surface area contributed by atoms with Gasteiger partial charge in [-0.3, -0.25) is 4.98 Å². The highest BCUT2D eigenvalue weighted by atomic mass is 15.1. The van der Waals surface area contributed by atoms with E-state index in [1.807, 2.05) is 38.4 Å². The number of pyridine rings is 1. The van der Waals surface area contributed by atoms with Gasteiger partial charge in [0.05, 0.1) is 17.1 Å². The Morgan fingerprint density at radius 3 is 2.82 bits per heavy atom. The molecule has 0 radical (unpaired) electrons. The van der Waals surface area contributed by atoms with E-state index in [9.17, 15) is 0 Å². The van der Waals surface area contributed by atoms with Crippen molar-refractivity contribution in [3.63, 3.8) is 0 Å². The summed E-state index contributed by atoms with van der Waals surface area (Å²) in [5.41, 5.74) is 3.13. The standard InChI is InChI=1S/C13H18N4/c1-10-13(11-6-4-5-8-15-11)17(3)12(16-10)7-9-14-2/h4-6,8,14H,7,9H2,1-3H3. The van der Waals surface area contributed by atoms with Crippen molar-refractivity contribution in [3.05, 3.63) is 35.9 Å². The minimum absolute atomic E-state index is 0.931. The second kappa shape index (κ2) is 5.10. The summed E-state index contributed by atoms with van der Waals surface area (Å²) in [6, 6.07) is 5.95. The van der Waals surface area contributed by atoms with E-state index < -0.39 is 0 Å². The normalized spacial score (nSPS) is 10.8. The summed E-state index contributed by atoms with van der Waals surface area (Å²) in [6.07, 6.45) is 2.75. The number of aromatic nitrogens is 3. The smallest absolute Gasteiger partial charge is 0.110 e. The van der Waals surface area contributed by atoms with Crippen LogP contribution in [0.2, 0.25) is 0 Å². The molecule has 0 aliphatic carbocycles. The third-order valence-electron chi connectivity index (χ3n) is 2.87. The SMILES string of the molecule is CNCCc1nc(C)c(-c2ccccn2)n1C. The molecule has 0 spiro atoms. The number of hydrogen-bond donors (Lipinski definition) is 1. The highest BCUT2D eigenvalue weighted by Gasteiger charge is 2.13. The van der Waals surface area contributed by atoms with E-state index in [4.69, 9.17) is 0 Å². The molecule has 4 nitrogen and oxygen atoms in total. The van der Waals surface area contributed by atoms with Crippen LogP contribution in [0, 0.1) is 6.92 Å². The molecule has 0 aliphatic heterocycles. The predicted octanol–water partition coefficient (Wildman–Crippen LogP) is 1.55. The first-order chi connectivity index (χ1) is 8.24. The summed E-state index contributed by atoms with van der Waals surface area (Å²) in [5, 5.41) is 3.14. The molecule has 2 heterocycles. The Labute approximate surface area is 102 Å². The highest BCUT2D eigenvalue weighted by molar-refractivity contribution is 5.58. The summed E-state index contributed by atoms with van der Waals surface area (Å²) < 4.78 is 2.13. The van der Waals surface area contributed by atoms with Crippen molar-refractivity contribution in [1.82, 2.24) is 19.9 Å². The molecule has 17 heavy (non-hydrogen) atoms. The van der Waals surface area contributed by atoms with Gasteiger partial charge in [0.25, 0.3) is 0 Å². The van der Waals surface area contributed by atoms with Crippen molar-refractivity contribution in [3.8, 4) is 11.4 Å². The fourth-order valence-corrected chi connectivity index (χ4v) is 2.01. The lowest BCUT2D eigenvalue weighted by molar-refractivity contribution is 0.719. The lowest BCUT2D eigenvalue weighted by Gasteiger charge is -2.05. The predicted molar refractivity (Wildman–Crippen MR) is 68.8 cm³/mol. The van der Waals surface area contributed by atoms with Crippen LogP contribution in [0.4, 0.5) is 0 Å². The largest absolute Gasteiger partial charge is 0.330 e. The molecule has 0 saturated carbocycles. The van der Waals surface area contributed by atoms with E-state index in [-0.39, 0.29) is 0 Å². The Morgan fingerprint density at radius 2 is 2.18 bits per heavy atom. The van der Waals surface area contributed by atoms with Crippen molar-refractivity contribution in [2.75, 3.05) is 13.6 Å². The van der Waals surface area contributed by atoms with Gasteiger partial charge in [0, 0.05) is 26.2 Å². The minimum atomic E-state index is 0.931. The van der Waals surface area contributed by atoms with Crippen molar-refractivity contribution in [1.29, 1.82) is 0 Å². The number of hydrogen-bond acceptors (Lipinski definition) is 3. The number of imidazole rings is 1. The van der Waals surface area contributed by atoms with E-state index in [0.29, 0.717) is 0 Å². The molecule has 0 amide bonds. The van der Waals surface area contributed by atoms with Gasteiger partial charge >= 0.3 is 0 Å². The average Bonchev–Trinajstić information content (AvgIpc) is 2.63. The van der Waals surface area contributed by atoms with Gasteiger partial charge in [-0.2, -0.15) is 0 Å². The van der Waals surface area contributed by atoms with Gasteiger partial charge in [-0.25, -0.2) is 4.98 Å². The maximum absolute atomic E-state index is 4.61. The fraction of sp³-hybridized carbons (Fsp3) is 0.385. The maximum atomic E-state index is 4.61. The number of aryl methyl sites for hydroxylation is 1. The molecular formula is C13H18N4. The molecule has 0 saturated heterocycles. The Kier molecular flexibility index (Phi) is 3.54. The molecule has 0 fully saturated rings. The van der Waals surface area contributed by atoms with Gasteiger partial charge in [-0.1, -0.05) is 6.07 Å². The van der Waals surface area contributed by atoms with Crippen LogP contribution in [0.1, 0.15) is 11.5 Å². The third kappa shape index (κ3) is 2.36. The Hall–Kier alpha value is -1.68. The number of nitrogens with one attached hydrogen (secondary N) is 1. The summed E-state index contributed by atoms with van der Waals surface area (Å²) in [7, 11) is 4.00. The monoisotopic (exact) mass is 230 g/mol. The van der Waals surface area contributed by atoms with Crippen LogP contribution in [-0.4, -0.2) is 28.1 Å². The second-order valence-electron chi connectivity index (χ2n) is 4.09. The molecule has 0 aromatic carbocycles. The molecule has 0 atom stereocenters. The Balaban J connectivity index is 2.38. The van der Waals surface area contributed by atoms with Crippen LogP contribution in [-0.2, 0) is 13.5 Å². The first-order valence-corrected chi connectivity index (χ1v) is 5.82. The third-order valence-corrected chi connectivity index (χ3v) is 2.87. The van der Waals surface area contributed by atoms with Gasteiger partial charge in [-0.15, -0.1) is 0 Å². The summed E-state index contributed by atoms with van der Waals surface area (Å²) in [5.74, 6) is 1.09. The highest BCUT2D eigenvalue weighted by Crippen LogP contribution is 2.21. The van der Waals surface area contributed by atoms with Gasteiger partial charge < -0.3 is 9.88 Å². The van der Waals surface area contributed by atoms with E-state index in [2.05, 4.69) is 26.9 Å². The zero-order valence-corrected chi connectivity index (χ0v) is 10.6. The van der Waals surface area contributed by atoms with E-state index in [1.165, 1.54) is 0 Å². The van der Waals surface area contributed by atoms with Crippen LogP contribution < -0.4 is 5.32 Å². The number of nitrogens with zero attached hydrogens (tertiary/aromatic N) is 3. The molecule has 2 aromatic heterocycles. The molecule has 90 valence electrons.